The van der Waals surface area contributed by atoms with Gasteiger partial charge in [0, 0.05) is 17.9 Å². The topological polar surface area (TPSA) is 86.7 Å². The van der Waals surface area contributed by atoms with Crippen molar-refractivity contribution in [3.63, 3.8) is 0 Å². The van der Waals surface area contributed by atoms with Crippen LogP contribution in [0.2, 0.25) is 10.0 Å². The minimum Gasteiger partial charge on any atom is -0.258 e. The zero-order valence-corrected chi connectivity index (χ0v) is 14.3. The van der Waals surface area contributed by atoms with Crippen molar-refractivity contribution in [3.8, 4) is 5.69 Å². The van der Waals surface area contributed by atoms with Gasteiger partial charge in [-0.15, -0.1) is 5.10 Å². The smallest absolute Gasteiger partial charge is 0.258 e. The molecule has 0 saturated heterocycles. The molecule has 0 aliphatic rings. The van der Waals surface area contributed by atoms with Crippen molar-refractivity contribution < 1.29 is 4.92 Å². The van der Waals surface area contributed by atoms with Crippen LogP contribution in [0.4, 0.5) is 5.69 Å². The Bertz CT molecular complexity index is 885. The van der Waals surface area contributed by atoms with E-state index in [-0.39, 0.29) is 5.69 Å². The number of tetrazole rings is 1. The molecule has 2 aromatic carbocycles. The fourth-order valence-electron chi connectivity index (χ4n) is 1.94. The highest BCUT2D eigenvalue weighted by Gasteiger charge is 2.14. The molecule has 0 atom stereocenters. The average molecular weight is 382 g/mol. The first kappa shape index (κ1) is 16.7. The molecule has 0 N–H and O–H groups in total. The van der Waals surface area contributed by atoms with Crippen molar-refractivity contribution in [2.75, 3.05) is 0 Å². The second kappa shape index (κ2) is 7.16. The molecule has 1 aromatic heterocycles. The lowest BCUT2D eigenvalue weighted by Crippen LogP contribution is -2.00. The third-order valence-electron chi connectivity index (χ3n) is 3.12. The van der Waals surface area contributed by atoms with Crippen LogP contribution in [0, 0.1) is 10.1 Å². The number of hydrogen-bond donors (Lipinski definition) is 0. The van der Waals surface area contributed by atoms with Crippen LogP contribution >= 0.6 is 35.0 Å². The highest BCUT2D eigenvalue weighted by molar-refractivity contribution is 7.98. The van der Waals surface area contributed by atoms with Gasteiger partial charge in [0.15, 0.2) is 0 Å². The van der Waals surface area contributed by atoms with Crippen LogP contribution < -0.4 is 0 Å². The molecule has 7 nitrogen and oxygen atoms in total. The van der Waals surface area contributed by atoms with E-state index in [1.54, 1.807) is 30.3 Å². The number of aromatic nitrogens is 4. The number of hydrogen-bond acceptors (Lipinski definition) is 6. The maximum absolute atomic E-state index is 10.7. The number of rotatable bonds is 5. The van der Waals surface area contributed by atoms with Crippen LogP contribution in [0.15, 0.2) is 47.6 Å². The van der Waals surface area contributed by atoms with Crippen molar-refractivity contribution in [3.05, 3.63) is 68.2 Å². The fourth-order valence-corrected chi connectivity index (χ4v) is 3.15. The van der Waals surface area contributed by atoms with Crippen LogP contribution in [0.3, 0.4) is 0 Å². The number of thioether (sulfide) groups is 1. The van der Waals surface area contributed by atoms with Crippen molar-refractivity contribution in [2.45, 2.75) is 10.9 Å². The Kier molecular flexibility index (Phi) is 4.98. The molecule has 10 heteroatoms. The maximum atomic E-state index is 10.7. The summed E-state index contributed by atoms with van der Waals surface area (Å²) in [6, 6.07) is 11.5. The zero-order chi connectivity index (χ0) is 17.1. The van der Waals surface area contributed by atoms with E-state index >= 15 is 0 Å². The largest absolute Gasteiger partial charge is 0.269 e. The Hall–Kier alpha value is -2.16. The first-order chi connectivity index (χ1) is 11.6. The molecule has 0 bridgehead atoms. The Labute approximate surface area is 150 Å². The van der Waals surface area contributed by atoms with Crippen LogP contribution in [-0.4, -0.2) is 25.1 Å². The van der Waals surface area contributed by atoms with Crippen LogP contribution in [0.25, 0.3) is 5.69 Å². The first-order valence-corrected chi connectivity index (χ1v) is 8.39. The van der Waals surface area contributed by atoms with Crippen LogP contribution in [0.1, 0.15) is 5.56 Å². The Morgan fingerprint density at radius 3 is 2.62 bits per heavy atom. The van der Waals surface area contributed by atoms with Gasteiger partial charge in [0.05, 0.1) is 20.7 Å². The van der Waals surface area contributed by atoms with Crippen molar-refractivity contribution in [2.24, 2.45) is 0 Å². The third kappa shape index (κ3) is 3.50. The van der Waals surface area contributed by atoms with Crippen LogP contribution in [0.5, 0.6) is 0 Å². The zero-order valence-electron chi connectivity index (χ0n) is 12.0. The van der Waals surface area contributed by atoms with E-state index in [9.17, 15) is 10.1 Å². The maximum Gasteiger partial charge on any atom is 0.269 e. The standard InChI is InChI=1S/C14H9Cl2N5O2S/c15-11-2-1-3-12(13(11)16)20-14(17-18-19-20)24-8-9-4-6-10(7-5-9)21(22)23/h1-7H,8H2. The normalized spacial score (nSPS) is 10.8. The molecular formula is C14H9Cl2N5O2S. The minimum absolute atomic E-state index is 0.0549. The SMILES string of the molecule is O=[N+]([O-])c1ccc(CSc2nnnn2-c2cccc(Cl)c2Cl)cc1. The molecular weight excluding hydrogens is 373 g/mol. The lowest BCUT2D eigenvalue weighted by molar-refractivity contribution is -0.384. The summed E-state index contributed by atoms with van der Waals surface area (Å²) < 4.78 is 1.50. The van der Waals surface area contributed by atoms with Gasteiger partial charge in [-0.2, -0.15) is 4.68 Å². The van der Waals surface area contributed by atoms with Crippen molar-refractivity contribution in [1.82, 2.24) is 20.2 Å². The lowest BCUT2D eigenvalue weighted by Gasteiger charge is -2.07. The summed E-state index contributed by atoms with van der Waals surface area (Å²) in [7, 11) is 0. The van der Waals surface area contributed by atoms with Gasteiger partial charge in [0.1, 0.15) is 0 Å². The highest BCUT2D eigenvalue weighted by atomic mass is 35.5. The number of nitro groups is 1. The quantitative estimate of drug-likeness (QED) is 0.374. The van der Waals surface area contributed by atoms with Gasteiger partial charge < -0.3 is 0 Å². The van der Waals surface area contributed by atoms with Gasteiger partial charge in [-0.3, -0.25) is 10.1 Å². The molecule has 0 spiro atoms. The summed E-state index contributed by atoms with van der Waals surface area (Å²) in [4.78, 5) is 10.2. The second-order valence-corrected chi connectivity index (χ2v) is 6.39. The number of nitro benzene ring substituents is 1. The number of halogens is 2. The van der Waals surface area contributed by atoms with Gasteiger partial charge in [0.25, 0.3) is 5.69 Å². The molecule has 3 rings (SSSR count). The Balaban J connectivity index is 1.79. The lowest BCUT2D eigenvalue weighted by atomic mass is 10.2. The third-order valence-corrected chi connectivity index (χ3v) is 4.91. The van der Waals surface area contributed by atoms with Gasteiger partial charge >= 0.3 is 0 Å². The molecule has 1 heterocycles. The van der Waals surface area contributed by atoms with Crippen molar-refractivity contribution >= 4 is 40.7 Å². The average Bonchev–Trinajstić information content (AvgIpc) is 3.04. The van der Waals surface area contributed by atoms with Gasteiger partial charge in [-0.05, 0) is 28.1 Å². The molecule has 0 radical (unpaired) electrons. The molecule has 122 valence electrons. The van der Waals surface area contributed by atoms with Crippen LogP contribution in [-0.2, 0) is 5.75 Å². The molecule has 0 aliphatic heterocycles. The van der Waals surface area contributed by atoms with E-state index in [1.165, 1.54) is 28.6 Å². The molecule has 24 heavy (non-hydrogen) atoms. The van der Waals surface area contributed by atoms with E-state index in [2.05, 4.69) is 15.5 Å². The molecule has 3 aromatic rings. The highest BCUT2D eigenvalue weighted by Crippen LogP contribution is 2.31. The molecule has 0 saturated carbocycles. The summed E-state index contributed by atoms with van der Waals surface area (Å²) in [5.41, 5.74) is 1.55. The summed E-state index contributed by atoms with van der Waals surface area (Å²) in [5.74, 6) is 0.552. The van der Waals surface area contributed by atoms with E-state index in [4.69, 9.17) is 23.2 Å². The van der Waals surface area contributed by atoms with Gasteiger partial charge in [-0.1, -0.05) is 53.2 Å². The van der Waals surface area contributed by atoms with Gasteiger partial charge in [-0.25, -0.2) is 0 Å². The Morgan fingerprint density at radius 2 is 1.92 bits per heavy atom. The minimum atomic E-state index is -0.432. The molecule has 0 unspecified atom stereocenters. The van der Waals surface area contributed by atoms with Gasteiger partial charge in [0.2, 0.25) is 5.16 Å². The fraction of sp³-hybridized carbons (Fsp3) is 0.0714. The predicted octanol–water partition coefficient (Wildman–Crippen LogP) is 4.17. The molecule has 0 fully saturated rings. The predicted molar refractivity (Wildman–Crippen MR) is 91.8 cm³/mol. The number of benzene rings is 2. The monoisotopic (exact) mass is 381 g/mol. The number of non-ortho nitro benzene ring substituents is 1. The first-order valence-electron chi connectivity index (χ1n) is 6.65. The summed E-state index contributed by atoms with van der Waals surface area (Å²) in [6.07, 6.45) is 0. The van der Waals surface area contributed by atoms with E-state index in [1.807, 2.05) is 0 Å². The Morgan fingerprint density at radius 1 is 1.17 bits per heavy atom. The summed E-state index contributed by atoms with van der Waals surface area (Å²) in [6.45, 7) is 0. The summed E-state index contributed by atoms with van der Waals surface area (Å²) >= 11 is 13.6. The summed E-state index contributed by atoms with van der Waals surface area (Å²) in [5, 5.41) is 23.6. The number of nitrogens with zero attached hydrogens (tertiary/aromatic N) is 5. The molecule has 0 amide bonds. The van der Waals surface area contributed by atoms with Crippen molar-refractivity contribution in [1.29, 1.82) is 0 Å². The van der Waals surface area contributed by atoms with E-state index in [0.29, 0.717) is 26.6 Å². The molecule has 0 aliphatic carbocycles. The van der Waals surface area contributed by atoms with E-state index < -0.39 is 4.92 Å². The van der Waals surface area contributed by atoms with E-state index in [0.717, 1.165) is 5.56 Å². The second-order valence-electron chi connectivity index (χ2n) is 4.66.